The largest absolute Gasteiger partial charge is 0.467 e. The average Bonchev–Trinajstić information content (AvgIpc) is 2.76. The molecule has 1 amide bonds. The standard InChI is InChI=1S/C12H20N2O2.ClH/c1-4-9(2)7-14(3)12(15)10-5-11(6-13)16-8-10;/h5,8-9H,4,6-7,13H2,1-3H3;1H. The number of hydrogen-bond acceptors (Lipinski definition) is 3. The molecule has 0 aliphatic carbocycles. The van der Waals surface area contributed by atoms with E-state index < -0.39 is 0 Å². The maximum absolute atomic E-state index is 12.0. The van der Waals surface area contributed by atoms with Gasteiger partial charge in [-0.25, -0.2) is 0 Å². The smallest absolute Gasteiger partial charge is 0.256 e. The van der Waals surface area contributed by atoms with Crippen molar-refractivity contribution >= 4 is 18.3 Å². The van der Waals surface area contributed by atoms with Crippen molar-refractivity contribution in [1.82, 2.24) is 4.90 Å². The van der Waals surface area contributed by atoms with Crippen molar-refractivity contribution in [3.63, 3.8) is 0 Å². The van der Waals surface area contributed by atoms with Crippen LogP contribution >= 0.6 is 12.4 Å². The molecule has 4 nitrogen and oxygen atoms in total. The van der Waals surface area contributed by atoms with Gasteiger partial charge < -0.3 is 15.1 Å². The SMILES string of the molecule is CCC(C)CN(C)C(=O)c1coc(CN)c1.Cl. The van der Waals surface area contributed by atoms with Crippen LogP contribution in [0.15, 0.2) is 16.7 Å². The number of nitrogens with two attached hydrogens (primary N) is 1. The van der Waals surface area contributed by atoms with E-state index in [0.29, 0.717) is 23.8 Å². The van der Waals surface area contributed by atoms with Gasteiger partial charge in [-0.2, -0.15) is 0 Å². The minimum absolute atomic E-state index is 0. The van der Waals surface area contributed by atoms with Gasteiger partial charge in [0.05, 0.1) is 12.1 Å². The lowest BCUT2D eigenvalue weighted by Gasteiger charge is -2.19. The van der Waals surface area contributed by atoms with Crippen LogP contribution in [0.25, 0.3) is 0 Å². The second-order valence-electron chi connectivity index (χ2n) is 4.20. The molecule has 1 rings (SSSR count). The first-order valence-corrected chi connectivity index (χ1v) is 5.61. The summed E-state index contributed by atoms with van der Waals surface area (Å²) in [4.78, 5) is 13.7. The topological polar surface area (TPSA) is 59.5 Å². The Balaban J connectivity index is 0.00000256. The molecule has 5 heteroatoms. The molecule has 0 aliphatic heterocycles. The molecule has 2 N–H and O–H groups in total. The lowest BCUT2D eigenvalue weighted by atomic mass is 10.1. The van der Waals surface area contributed by atoms with Gasteiger partial charge in [0.1, 0.15) is 12.0 Å². The predicted molar refractivity (Wildman–Crippen MR) is 70.3 cm³/mol. The third-order valence-electron chi connectivity index (χ3n) is 2.73. The van der Waals surface area contributed by atoms with Gasteiger partial charge in [0, 0.05) is 13.6 Å². The van der Waals surface area contributed by atoms with Crippen LogP contribution in [-0.2, 0) is 6.54 Å². The Bertz CT molecular complexity index is 352. The van der Waals surface area contributed by atoms with Gasteiger partial charge in [-0.15, -0.1) is 12.4 Å². The fourth-order valence-electron chi connectivity index (χ4n) is 1.50. The van der Waals surface area contributed by atoms with Gasteiger partial charge >= 0.3 is 0 Å². The van der Waals surface area contributed by atoms with Crippen molar-refractivity contribution in [2.75, 3.05) is 13.6 Å². The normalized spacial score (nSPS) is 11.8. The molecule has 0 saturated heterocycles. The Kier molecular flexibility index (Phi) is 6.92. The van der Waals surface area contributed by atoms with E-state index in [1.165, 1.54) is 6.26 Å². The van der Waals surface area contributed by atoms with Gasteiger partial charge in [0.15, 0.2) is 0 Å². The van der Waals surface area contributed by atoms with Crippen molar-refractivity contribution in [3.8, 4) is 0 Å². The molecular weight excluding hydrogens is 240 g/mol. The summed E-state index contributed by atoms with van der Waals surface area (Å²) in [6.45, 7) is 5.33. The van der Waals surface area contributed by atoms with Crippen LogP contribution in [0.4, 0.5) is 0 Å². The number of nitrogens with zero attached hydrogens (tertiary/aromatic N) is 1. The second kappa shape index (κ2) is 7.35. The molecular formula is C12H21ClN2O2. The van der Waals surface area contributed by atoms with E-state index in [1.807, 2.05) is 7.05 Å². The van der Waals surface area contributed by atoms with Crippen molar-refractivity contribution < 1.29 is 9.21 Å². The first-order valence-electron chi connectivity index (χ1n) is 5.61. The lowest BCUT2D eigenvalue weighted by molar-refractivity contribution is 0.0774. The highest BCUT2D eigenvalue weighted by Crippen LogP contribution is 2.11. The number of halogens is 1. The summed E-state index contributed by atoms with van der Waals surface area (Å²) in [6, 6.07) is 1.70. The Morgan fingerprint density at radius 2 is 2.24 bits per heavy atom. The zero-order valence-corrected chi connectivity index (χ0v) is 11.4. The van der Waals surface area contributed by atoms with Gasteiger partial charge in [-0.3, -0.25) is 4.79 Å². The summed E-state index contributed by atoms with van der Waals surface area (Å²) in [5, 5.41) is 0. The highest BCUT2D eigenvalue weighted by atomic mass is 35.5. The monoisotopic (exact) mass is 260 g/mol. The number of carbonyl (C=O) groups excluding carboxylic acids is 1. The summed E-state index contributed by atoms with van der Waals surface area (Å²) in [5.41, 5.74) is 6.00. The third kappa shape index (κ3) is 4.40. The number of amides is 1. The third-order valence-corrected chi connectivity index (χ3v) is 2.73. The molecule has 1 unspecified atom stereocenters. The summed E-state index contributed by atoms with van der Waals surface area (Å²) < 4.78 is 5.14. The summed E-state index contributed by atoms with van der Waals surface area (Å²) >= 11 is 0. The van der Waals surface area contributed by atoms with E-state index in [4.69, 9.17) is 10.2 Å². The summed E-state index contributed by atoms with van der Waals surface area (Å²) in [5.74, 6) is 1.14. The summed E-state index contributed by atoms with van der Waals surface area (Å²) in [6.07, 6.45) is 2.54. The molecule has 1 atom stereocenters. The maximum Gasteiger partial charge on any atom is 0.256 e. The molecule has 1 aromatic heterocycles. The molecule has 1 heterocycles. The van der Waals surface area contributed by atoms with Gasteiger partial charge in [0.2, 0.25) is 0 Å². The first-order chi connectivity index (χ1) is 7.58. The molecule has 0 fully saturated rings. The van der Waals surface area contributed by atoms with Gasteiger partial charge in [-0.05, 0) is 12.0 Å². The Morgan fingerprint density at radius 3 is 2.71 bits per heavy atom. The zero-order chi connectivity index (χ0) is 12.1. The first kappa shape index (κ1) is 16.0. The predicted octanol–water partition coefficient (Wildman–Crippen LogP) is 2.28. The van der Waals surface area contributed by atoms with Crippen LogP contribution in [0.5, 0.6) is 0 Å². The van der Waals surface area contributed by atoms with Crippen LogP contribution in [0.2, 0.25) is 0 Å². The minimum atomic E-state index is -0.0104. The molecule has 0 bridgehead atoms. The number of furan rings is 1. The zero-order valence-electron chi connectivity index (χ0n) is 10.6. The Morgan fingerprint density at radius 1 is 1.59 bits per heavy atom. The molecule has 0 aliphatic rings. The van der Waals surface area contributed by atoms with Crippen molar-refractivity contribution in [1.29, 1.82) is 0 Å². The van der Waals surface area contributed by atoms with E-state index in [-0.39, 0.29) is 18.3 Å². The Labute approximate surface area is 109 Å². The number of hydrogen-bond donors (Lipinski definition) is 1. The fraction of sp³-hybridized carbons (Fsp3) is 0.583. The molecule has 0 radical (unpaired) electrons. The molecule has 0 spiro atoms. The van der Waals surface area contributed by atoms with Crippen LogP contribution in [0.3, 0.4) is 0 Å². The van der Waals surface area contributed by atoms with Crippen LogP contribution in [-0.4, -0.2) is 24.4 Å². The van der Waals surface area contributed by atoms with Crippen LogP contribution in [0.1, 0.15) is 36.4 Å². The second-order valence-corrected chi connectivity index (χ2v) is 4.20. The van der Waals surface area contributed by atoms with E-state index in [2.05, 4.69) is 13.8 Å². The summed E-state index contributed by atoms with van der Waals surface area (Å²) in [7, 11) is 1.81. The van der Waals surface area contributed by atoms with E-state index in [1.54, 1.807) is 11.0 Å². The number of rotatable bonds is 5. The van der Waals surface area contributed by atoms with Crippen molar-refractivity contribution in [2.45, 2.75) is 26.8 Å². The quantitative estimate of drug-likeness (QED) is 0.884. The van der Waals surface area contributed by atoms with Crippen LogP contribution < -0.4 is 5.73 Å². The lowest BCUT2D eigenvalue weighted by Crippen LogP contribution is -2.30. The van der Waals surface area contributed by atoms with Crippen molar-refractivity contribution in [3.05, 3.63) is 23.7 Å². The molecule has 0 aromatic carbocycles. The van der Waals surface area contributed by atoms with Gasteiger partial charge in [-0.1, -0.05) is 20.3 Å². The Hall–Kier alpha value is -1.00. The average molecular weight is 261 g/mol. The van der Waals surface area contributed by atoms with Gasteiger partial charge in [0.25, 0.3) is 5.91 Å². The minimum Gasteiger partial charge on any atom is -0.467 e. The van der Waals surface area contributed by atoms with E-state index >= 15 is 0 Å². The fourth-order valence-corrected chi connectivity index (χ4v) is 1.50. The van der Waals surface area contributed by atoms with E-state index in [0.717, 1.165) is 13.0 Å². The number of carbonyl (C=O) groups is 1. The molecule has 17 heavy (non-hydrogen) atoms. The maximum atomic E-state index is 12.0. The van der Waals surface area contributed by atoms with Crippen molar-refractivity contribution in [2.24, 2.45) is 11.7 Å². The molecule has 98 valence electrons. The highest BCUT2D eigenvalue weighted by Gasteiger charge is 2.15. The molecule has 0 saturated carbocycles. The van der Waals surface area contributed by atoms with Crippen LogP contribution in [0, 0.1) is 5.92 Å². The highest BCUT2D eigenvalue weighted by molar-refractivity contribution is 5.93. The van der Waals surface area contributed by atoms with E-state index in [9.17, 15) is 4.79 Å². The molecule has 1 aromatic rings.